The van der Waals surface area contributed by atoms with Crippen molar-refractivity contribution >= 4 is 10.2 Å². The molecule has 104 valence electrons. The molecule has 0 aliphatic carbocycles. The minimum Gasteiger partial charge on any atom is -0.314 e. The quantitative estimate of drug-likeness (QED) is 0.336. The van der Waals surface area contributed by atoms with Gasteiger partial charge in [0.1, 0.15) is 0 Å². The average Bonchev–Trinajstić information content (AvgIpc) is 2.36. The van der Waals surface area contributed by atoms with Crippen LogP contribution >= 0.6 is 0 Å². The van der Waals surface area contributed by atoms with Gasteiger partial charge in [-0.05, 0) is 39.1 Å². The van der Waals surface area contributed by atoms with Crippen molar-refractivity contribution in [3.8, 4) is 0 Å². The van der Waals surface area contributed by atoms with Crippen LogP contribution in [0, 0.1) is 0 Å². The third-order valence-electron chi connectivity index (χ3n) is 3.50. The summed E-state index contributed by atoms with van der Waals surface area (Å²) in [6.45, 7) is 15.9. The topological polar surface area (TPSA) is 18.5 Å². The van der Waals surface area contributed by atoms with E-state index in [2.05, 4.69) is 42.8 Å². The Kier molecular flexibility index (Phi) is 11.3. The molecule has 0 saturated carbocycles. The van der Waals surface area contributed by atoms with E-state index in [0.29, 0.717) is 6.17 Å². The Morgan fingerprint density at radius 2 is 1.41 bits per heavy atom. The van der Waals surface area contributed by atoms with Crippen LogP contribution in [-0.2, 0) is 0 Å². The zero-order valence-electron chi connectivity index (χ0n) is 12.6. The normalized spacial score (nSPS) is 12.2. The Bertz CT molecular complexity index is 147. The van der Waals surface area contributed by atoms with E-state index in [9.17, 15) is 0 Å². The van der Waals surface area contributed by atoms with Gasteiger partial charge in [0.25, 0.3) is 0 Å². The molecule has 17 heavy (non-hydrogen) atoms. The molecule has 0 aromatic carbocycles. The minimum absolute atomic E-state index is 0.564. The van der Waals surface area contributed by atoms with Gasteiger partial charge in [0.05, 0.1) is 6.17 Å². The van der Waals surface area contributed by atoms with Crippen molar-refractivity contribution in [3.63, 3.8) is 0 Å². The molecule has 1 N–H and O–H groups in total. The van der Waals surface area contributed by atoms with Crippen LogP contribution in [0.25, 0.3) is 0 Å². The summed E-state index contributed by atoms with van der Waals surface area (Å²) in [5.41, 5.74) is 0. The highest BCUT2D eigenvalue weighted by Crippen LogP contribution is 2.05. The van der Waals surface area contributed by atoms with E-state index in [1.807, 2.05) is 0 Å². The fourth-order valence-corrected chi connectivity index (χ4v) is 2.67. The number of nitrogens with zero attached hydrogens (tertiary/aromatic N) is 2. The second-order valence-electron chi connectivity index (χ2n) is 4.48. The Morgan fingerprint density at radius 1 is 0.941 bits per heavy atom. The number of nitrogens with one attached hydrogen (secondary N) is 1. The molecule has 0 unspecified atom stereocenters. The first-order valence-electron chi connectivity index (χ1n) is 7.43. The van der Waals surface area contributed by atoms with Gasteiger partial charge in [-0.1, -0.05) is 33.7 Å². The van der Waals surface area contributed by atoms with Crippen molar-refractivity contribution in [2.75, 3.05) is 39.3 Å². The van der Waals surface area contributed by atoms with Crippen molar-refractivity contribution < 1.29 is 0 Å². The van der Waals surface area contributed by atoms with Gasteiger partial charge in [-0.3, -0.25) is 9.80 Å². The van der Waals surface area contributed by atoms with Crippen LogP contribution in [-0.4, -0.2) is 65.5 Å². The lowest BCUT2D eigenvalue weighted by Crippen LogP contribution is -2.53. The Labute approximate surface area is 111 Å². The molecule has 0 saturated heterocycles. The lowest BCUT2D eigenvalue weighted by Gasteiger charge is -2.38. The van der Waals surface area contributed by atoms with Crippen LogP contribution in [0.4, 0.5) is 0 Å². The summed E-state index contributed by atoms with van der Waals surface area (Å²) in [4.78, 5) is 5.11. The zero-order chi connectivity index (χ0) is 13.1. The molecule has 0 spiro atoms. The highest BCUT2D eigenvalue weighted by atomic mass is 28.1. The minimum atomic E-state index is 0.564. The fraction of sp³-hybridized carbons (Fsp3) is 1.00. The predicted molar refractivity (Wildman–Crippen MR) is 81.9 cm³/mol. The lowest BCUT2D eigenvalue weighted by molar-refractivity contribution is 0.0568. The third-order valence-corrected chi connectivity index (χ3v) is 4.21. The van der Waals surface area contributed by atoms with Crippen molar-refractivity contribution in [2.24, 2.45) is 0 Å². The van der Waals surface area contributed by atoms with Crippen LogP contribution < -0.4 is 5.32 Å². The number of hydrogen-bond donors (Lipinski definition) is 1. The third kappa shape index (κ3) is 6.55. The van der Waals surface area contributed by atoms with Gasteiger partial charge in [-0.25, -0.2) is 0 Å². The molecule has 0 radical (unpaired) electrons. The van der Waals surface area contributed by atoms with E-state index in [1.165, 1.54) is 29.3 Å². The van der Waals surface area contributed by atoms with Gasteiger partial charge in [-0.2, -0.15) is 0 Å². The highest BCUT2D eigenvalue weighted by molar-refractivity contribution is 6.08. The number of hydrogen-bond acceptors (Lipinski definition) is 3. The average molecular weight is 260 g/mol. The second kappa shape index (κ2) is 11.2. The van der Waals surface area contributed by atoms with Gasteiger partial charge in [0.2, 0.25) is 0 Å². The van der Waals surface area contributed by atoms with Crippen LogP contribution in [0.3, 0.4) is 0 Å². The van der Waals surface area contributed by atoms with Gasteiger partial charge >= 0.3 is 0 Å². The smallest absolute Gasteiger partial charge is 0.0750 e. The molecule has 0 aromatic heterocycles. The van der Waals surface area contributed by atoms with Crippen molar-refractivity contribution in [1.82, 2.24) is 15.1 Å². The van der Waals surface area contributed by atoms with E-state index < -0.39 is 0 Å². The van der Waals surface area contributed by atoms with Gasteiger partial charge < -0.3 is 5.32 Å². The van der Waals surface area contributed by atoms with Crippen molar-refractivity contribution in [3.05, 3.63) is 0 Å². The van der Waals surface area contributed by atoms with Gasteiger partial charge in [-0.15, -0.1) is 0 Å². The Balaban J connectivity index is 4.27. The lowest BCUT2D eigenvalue weighted by atomic mass is 10.3. The molecule has 0 atom stereocenters. The molecule has 0 bridgehead atoms. The Hall–Kier alpha value is 0.0969. The number of likely N-dealkylation sites (N-methyl/N-ethyl adjacent to an activating group) is 2. The molecule has 0 aliphatic rings. The monoisotopic (exact) mass is 259 g/mol. The molecule has 0 heterocycles. The van der Waals surface area contributed by atoms with E-state index in [4.69, 9.17) is 0 Å². The predicted octanol–water partition coefficient (Wildman–Crippen LogP) is 0.759. The second-order valence-corrected chi connectivity index (χ2v) is 5.48. The first kappa shape index (κ1) is 17.1. The molecule has 0 aliphatic heterocycles. The van der Waals surface area contributed by atoms with Gasteiger partial charge in [0, 0.05) is 16.8 Å². The van der Waals surface area contributed by atoms with Crippen LogP contribution in [0.2, 0.25) is 6.04 Å². The van der Waals surface area contributed by atoms with Crippen LogP contribution in [0.1, 0.15) is 34.1 Å². The SMILES string of the molecule is CCN(CC)C(CNCCC[SiH3])N(CC)CC. The maximum Gasteiger partial charge on any atom is 0.0750 e. The largest absolute Gasteiger partial charge is 0.314 e. The van der Waals surface area contributed by atoms with Crippen LogP contribution in [0.15, 0.2) is 0 Å². The fourth-order valence-electron chi connectivity index (χ4n) is 2.31. The van der Waals surface area contributed by atoms with E-state index in [0.717, 1.165) is 32.7 Å². The summed E-state index contributed by atoms with van der Waals surface area (Å²) in [5, 5.41) is 3.62. The summed E-state index contributed by atoms with van der Waals surface area (Å²) in [6, 6.07) is 1.41. The Morgan fingerprint density at radius 3 is 1.76 bits per heavy atom. The summed E-state index contributed by atoms with van der Waals surface area (Å²) < 4.78 is 0. The number of rotatable bonds is 11. The van der Waals surface area contributed by atoms with Gasteiger partial charge in [0.15, 0.2) is 0 Å². The molecular formula is C13H33N3Si. The molecule has 3 nitrogen and oxygen atoms in total. The van der Waals surface area contributed by atoms with Crippen LogP contribution in [0.5, 0.6) is 0 Å². The van der Waals surface area contributed by atoms with E-state index >= 15 is 0 Å². The summed E-state index contributed by atoms with van der Waals surface area (Å²) in [5.74, 6) is 0. The maximum atomic E-state index is 3.62. The standard InChI is InChI=1S/C13H33N3Si/c1-5-15(6-2)13(16(7-3)8-4)12-14-10-9-11-17/h13-14H,5-12H2,1-4,17H3. The first-order valence-corrected chi connectivity index (χ1v) is 8.85. The van der Waals surface area contributed by atoms with E-state index in [-0.39, 0.29) is 0 Å². The first-order chi connectivity index (χ1) is 8.24. The summed E-state index contributed by atoms with van der Waals surface area (Å²) in [7, 11) is 1.34. The van der Waals surface area contributed by atoms with Crippen molar-refractivity contribution in [2.45, 2.75) is 46.3 Å². The molecular weight excluding hydrogens is 226 g/mol. The summed E-state index contributed by atoms with van der Waals surface area (Å²) >= 11 is 0. The molecule has 0 amide bonds. The molecule has 0 rings (SSSR count). The van der Waals surface area contributed by atoms with E-state index in [1.54, 1.807) is 0 Å². The maximum absolute atomic E-state index is 3.62. The highest BCUT2D eigenvalue weighted by Gasteiger charge is 2.20. The van der Waals surface area contributed by atoms with Crippen molar-refractivity contribution in [1.29, 1.82) is 0 Å². The summed E-state index contributed by atoms with van der Waals surface area (Å²) in [6.07, 6.45) is 1.91. The zero-order valence-corrected chi connectivity index (χ0v) is 14.6. The molecule has 0 fully saturated rings. The molecule has 0 aromatic rings. The molecule has 4 heteroatoms.